The van der Waals surface area contributed by atoms with Crippen molar-refractivity contribution in [1.29, 1.82) is 0 Å². The van der Waals surface area contributed by atoms with Gasteiger partial charge >= 0.3 is 6.18 Å². The maximum Gasteiger partial charge on any atom is 0.417 e. The second kappa shape index (κ2) is 6.88. The van der Waals surface area contributed by atoms with Crippen molar-refractivity contribution in [3.63, 3.8) is 0 Å². The van der Waals surface area contributed by atoms with Gasteiger partial charge in [0.15, 0.2) is 5.82 Å². The minimum atomic E-state index is -4.64. The minimum Gasteiger partial charge on any atom is -0.296 e. The summed E-state index contributed by atoms with van der Waals surface area (Å²) < 4.78 is 40.7. The molecular weight excluding hydrogens is 415 g/mol. The van der Waals surface area contributed by atoms with Gasteiger partial charge in [-0.05, 0) is 36.4 Å². The van der Waals surface area contributed by atoms with Crippen LogP contribution in [-0.4, -0.2) is 25.7 Å². The van der Waals surface area contributed by atoms with Gasteiger partial charge < -0.3 is 0 Å². The van der Waals surface area contributed by atoms with Crippen LogP contribution >= 0.6 is 22.9 Å². The summed E-state index contributed by atoms with van der Waals surface area (Å²) in [6.45, 7) is 0. The lowest BCUT2D eigenvalue weighted by atomic mass is 10.1. The zero-order valence-electron chi connectivity index (χ0n) is 13.7. The Bertz CT molecular complexity index is 1170. The van der Waals surface area contributed by atoms with Crippen LogP contribution in [0.3, 0.4) is 0 Å². The third-order valence-electron chi connectivity index (χ3n) is 3.79. The molecule has 1 amide bonds. The van der Waals surface area contributed by atoms with E-state index in [0.717, 1.165) is 23.5 Å². The molecular formula is C17H9ClF3N5OS. The Morgan fingerprint density at radius 1 is 1.07 bits per heavy atom. The van der Waals surface area contributed by atoms with Crippen LogP contribution in [0.15, 0.2) is 48.5 Å². The second-order valence-corrected chi connectivity index (χ2v) is 7.02. The quantitative estimate of drug-likeness (QED) is 0.515. The zero-order valence-corrected chi connectivity index (χ0v) is 15.3. The second-order valence-electron chi connectivity index (χ2n) is 5.63. The molecule has 6 nitrogen and oxygen atoms in total. The van der Waals surface area contributed by atoms with Crippen LogP contribution in [0.4, 0.5) is 18.3 Å². The molecule has 2 aromatic carbocycles. The van der Waals surface area contributed by atoms with Crippen molar-refractivity contribution >= 4 is 38.9 Å². The first-order valence-electron chi connectivity index (χ1n) is 7.79. The number of nitrogens with zero attached hydrogens (tertiary/aromatic N) is 4. The fraction of sp³-hybridized carbons (Fsp3) is 0.0588. The molecule has 28 heavy (non-hydrogen) atoms. The van der Waals surface area contributed by atoms with E-state index in [1.165, 1.54) is 16.6 Å². The molecule has 4 aromatic rings. The van der Waals surface area contributed by atoms with E-state index >= 15 is 0 Å². The Hall–Kier alpha value is -2.98. The predicted molar refractivity (Wildman–Crippen MR) is 98.5 cm³/mol. The van der Waals surface area contributed by atoms with E-state index < -0.39 is 23.2 Å². The Kier molecular flexibility index (Phi) is 4.52. The van der Waals surface area contributed by atoms with Crippen molar-refractivity contribution in [2.24, 2.45) is 0 Å². The molecule has 0 radical (unpaired) electrons. The molecule has 4 rings (SSSR count). The molecule has 11 heteroatoms. The van der Waals surface area contributed by atoms with Crippen LogP contribution in [0.2, 0.25) is 5.02 Å². The Labute approximate surface area is 164 Å². The number of carbonyl (C=O) groups is 1. The van der Waals surface area contributed by atoms with Crippen LogP contribution in [-0.2, 0) is 6.18 Å². The lowest BCUT2D eigenvalue weighted by Gasteiger charge is -2.11. The molecule has 0 saturated carbocycles. The van der Waals surface area contributed by atoms with Gasteiger partial charge in [-0.2, -0.15) is 17.7 Å². The zero-order chi connectivity index (χ0) is 19.9. The van der Waals surface area contributed by atoms with Crippen molar-refractivity contribution in [2.75, 3.05) is 5.32 Å². The molecule has 0 aliphatic carbocycles. The Morgan fingerprint density at radius 2 is 1.79 bits per heavy atom. The van der Waals surface area contributed by atoms with Crippen LogP contribution in [0.5, 0.6) is 0 Å². The normalized spacial score (nSPS) is 11.7. The van der Waals surface area contributed by atoms with Crippen molar-refractivity contribution in [2.45, 2.75) is 6.18 Å². The molecule has 0 aliphatic heterocycles. The number of anilines is 1. The van der Waals surface area contributed by atoms with Crippen molar-refractivity contribution in [3.05, 3.63) is 64.7 Å². The molecule has 142 valence electrons. The highest BCUT2D eigenvalue weighted by Crippen LogP contribution is 2.32. The number of halogens is 4. The minimum absolute atomic E-state index is 0.0992. The number of amides is 1. The van der Waals surface area contributed by atoms with Gasteiger partial charge in [-0.25, -0.2) is 0 Å². The van der Waals surface area contributed by atoms with Crippen molar-refractivity contribution in [3.8, 4) is 11.4 Å². The van der Waals surface area contributed by atoms with Crippen molar-refractivity contribution in [1.82, 2.24) is 19.8 Å². The summed E-state index contributed by atoms with van der Waals surface area (Å²) in [5.74, 6) is -0.495. The predicted octanol–water partition coefficient (Wildman–Crippen LogP) is 4.78. The van der Waals surface area contributed by atoms with E-state index in [4.69, 9.17) is 11.6 Å². The maximum absolute atomic E-state index is 13.1. The van der Waals surface area contributed by atoms with Crippen molar-refractivity contribution < 1.29 is 18.0 Å². The van der Waals surface area contributed by atoms with E-state index in [1.807, 2.05) is 0 Å². The van der Waals surface area contributed by atoms with Gasteiger partial charge in [-0.15, -0.1) is 15.3 Å². The van der Waals surface area contributed by atoms with Crippen LogP contribution in [0, 0.1) is 0 Å². The largest absolute Gasteiger partial charge is 0.417 e. The summed E-state index contributed by atoms with van der Waals surface area (Å²) >= 11 is 6.86. The van der Waals surface area contributed by atoms with Crippen LogP contribution in [0.25, 0.3) is 16.3 Å². The lowest BCUT2D eigenvalue weighted by molar-refractivity contribution is -0.137. The van der Waals surface area contributed by atoms with Crippen LogP contribution in [0.1, 0.15) is 15.9 Å². The van der Waals surface area contributed by atoms with Gasteiger partial charge in [-0.3, -0.25) is 10.1 Å². The Morgan fingerprint density at radius 3 is 2.50 bits per heavy atom. The number of nitrogens with one attached hydrogen (secondary N) is 1. The molecule has 0 saturated heterocycles. The Balaban J connectivity index is 1.65. The molecule has 0 bridgehead atoms. The smallest absolute Gasteiger partial charge is 0.296 e. The van der Waals surface area contributed by atoms with Gasteiger partial charge in [0.05, 0.1) is 11.1 Å². The first kappa shape index (κ1) is 18.4. The summed E-state index contributed by atoms with van der Waals surface area (Å²) in [5, 5.41) is 15.3. The van der Waals surface area contributed by atoms with Gasteiger partial charge in [0.2, 0.25) is 10.1 Å². The van der Waals surface area contributed by atoms with Gasteiger partial charge in [0.1, 0.15) is 0 Å². The number of carbonyl (C=O) groups excluding carboxylic acids is 1. The fourth-order valence-electron chi connectivity index (χ4n) is 2.54. The van der Waals surface area contributed by atoms with Crippen LogP contribution < -0.4 is 5.32 Å². The lowest BCUT2D eigenvalue weighted by Crippen LogP contribution is -2.18. The number of rotatable bonds is 3. The first-order valence-corrected chi connectivity index (χ1v) is 8.98. The number of hydrogen-bond donors (Lipinski definition) is 1. The van der Waals surface area contributed by atoms with Gasteiger partial charge in [0.25, 0.3) is 5.91 Å². The molecule has 2 aromatic heterocycles. The standard InChI is InChI=1S/C17H9ClF3N5OS/c18-10-7-5-9(6-8-10)13-23-24-16-26(13)25-15(28-16)22-14(27)11-3-1-2-4-12(11)17(19,20)21/h1-8H,(H,22,25,27). The van der Waals surface area contributed by atoms with E-state index in [-0.39, 0.29) is 5.13 Å². The van der Waals surface area contributed by atoms with E-state index in [0.29, 0.717) is 21.4 Å². The topological polar surface area (TPSA) is 72.2 Å². The summed E-state index contributed by atoms with van der Waals surface area (Å²) in [6.07, 6.45) is -4.64. The maximum atomic E-state index is 13.1. The number of fused-ring (bicyclic) bond motifs is 1. The molecule has 1 N–H and O–H groups in total. The molecule has 0 atom stereocenters. The van der Waals surface area contributed by atoms with E-state index in [2.05, 4.69) is 20.6 Å². The van der Waals surface area contributed by atoms with Gasteiger partial charge in [0, 0.05) is 10.6 Å². The number of aromatic nitrogens is 4. The molecule has 0 unspecified atom stereocenters. The summed E-state index contributed by atoms with van der Waals surface area (Å²) in [7, 11) is 0. The molecule has 2 heterocycles. The average Bonchev–Trinajstić information content (AvgIpc) is 3.22. The average molecular weight is 424 g/mol. The summed E-state index contributed by atoms with van der Waals surface area (Å²) in [6, 6.07) is 11.4. The SMILES string of the molecule is O=C(Nc1nn2c(-c3ccc(Cl)cc3)nnc2s1)c1ccccc1C(F)(F)F. The monoisotopic (exact) mass is 423 g/mol. The first-order chi connectivity index (χ1) is 13.3. The number of alkyl halides is 3. The number of hydrogen-bond acceptors (Lipinski definition) is 5. The molecule has 0 fully saturated rings. The summed E-state index contributed by atoms with van der Waals surface area (Å²) in [5.41, 5.74) is -0.807. The highest BCUT2D eigenvalue weighted by atomic mass is 35.5. The highest BCUT2D eigenvalue weighted by Gasteiger charge is 2.35. The third-order valence-corrected chi connectivity index (χ3v) is 4.86. The van der Waals surface area contributed by atoms with E-state index in [1.54, 1.807) is 24.3 Å². The third kappa shape index (κ3) is 3.43. The highest BCUT2D eigenvalue weighted by molar-refractivity contribution is 7.20. The molecule has 0 aliphatic rings. The fourth-order valence-corrected chi connectivity index (χ4v) is 3.40. The van der Waals surface area contributed by atoms with E-state index in [9.17, 15) is 18.0 Å². The molecule has 0 spiro atoms. The van der Waals surface area contributed by atoms with Gasteiger partial charge in [-0.1, -0.05) is 35.1 Å². The number of benzene rings is 2. The summed E-state index contributed by atoms with van der Waals surface area (Å²) in [4.78, 5) is 12.7.